The first-order chi connectivity index (χ1) is 9.15. The molecule has 0 amide bonds. The fraction of sp³-hybridized carbons (Fsp3) is 0.154. The second-order valence-electron chi connectivity index (χ2n) is 3.92. The normalized spacial score (nSPS) is 12.2. The molecule has 0 aliphatic heterocycles. The number of halogens is 2. The second-order valence-corrected chi connectivity index (χ2v) is 3.92. The zero-order valence-corrected chi connectivity index (χ0v) is 10.2. The number of pyridine rings is 1. The molecule has 0 aliphatic rings. The van der Waals surface area contributed by atoms with E-state index in [1.807, 2.05) is 0 Å². The quantitative estimate of drug-likeness (QED) is 0.655. The van der Waals surface area contributed by atoms with Crippen LogP contribution in [0.2, 0.25) is 0 Å². The van der Waals surface area contributed by atoms with Gasteiger partial charge in [-0.05, 0) is 17.7 Å². The Labute approximate surface area is 109 Å². The predicted octanol–water partition coefficient (Wildman–Crippen LogP) is 1.92. The van der Waals surface area contributed by atoms with Crippen LogP contribution in [0.1, 0.15) is 17.2 Å². The number of nitrogens with one attached hydrogen (secondary N) is 1. The molecule has 1 aromatic heterocycles. The molecule has 6 heteroatoms. The van der Waals surface area contributed by atoms with E-state index in [-0.39, 0.29) is 5.56 Å². The van der Waals surface area contributed by atoms with Crippen LogP contribution in [0.15, 0.2) is 36.7 Å². The van der Waals surface area contributed by atoms with Gasteiger partial charge < -0.3 is 4.74 Å². The van der Waals surface area contributed by atoms with Crippen molar-refractivity contribution in [2.75, 3.05) is 7.11 Å². The molecule has 1 heterocycles. The molecule has 4 nitrogen and oxygen atoms in total. The van der Waals surface area contributed by atoms with Gasteiger partial charge in [0.25, 0.3) is 0 Å². The molecule has 1 aromatic carbocycles. The summed E-state index contributed by atoms with van der Waals surface area (Å²) in [6.45, 7) is 0. The molecule has 100 valence electrons. The second kappa shape index (κ2) is 5.73. The minimum atomic E-state index is -0.686. The minimum Gasteiger partial charge on any atom is -0.497 e. The maximum Gasteiger partial charge on any atom is 0.141 e. The first-order valence-corrected chi connectivity index (χ1v) is 5.55. The highest BCUT2D eigenvalue weighted by atomic mass is 19.1. The molecule has 3 N–H and O–H groups in total. The maximum atomic E-state index is 14.0. The van der Waals surface area contributed by atoms with E-state index in [2.05, 4.69) is 10.4 Å². The lowest BCUT2D eigenvalue weighted by Gasteiger charge is -2.17. The predicted molar refractivity (Wildman–Crippen MR) is 66.3 cm³/mol. The Bertz CT molecular complexity index is 578. The summed E-state index contributed by atoms with van der Waals surface area (Å²) < 4.78 is 32.0. The summed E-state index contributed by atoms with van der Waals surface area (Å²) in [6.07, 6.45) is 2.50. The third-order valence-corrected chi connectivity index (χ3v) is 2.74. The highest BCUT2D eigenvalue weighted by Crippen LogP contribution is 2.26. The summed E-state index contributed by atoms with van der Waals surface area (Å²) in [4.78, 5) is 3.72. The number of rotatable bonds is 4. The number of hydrogen-bond acceptors (Lipinski definition) is 4. The van der Waals surface area contributed by atoms with Crippen LogP contribution in [0.25, 0.3) is 0 Å². The van der Waals surface area contributed by atoms with E-state index in [0.29, 0.717) is 11.3 Å². The van der Waals surface area contributed by atoms with Gasteiger partial charge in [-0.2, -0.15) is 0 Å². The van der Waals surface area contributed by atoms with Crippen molar-refractivity contribution in [2.24, 2.45) is 5.84 Å². The van der Waals surface area contributed by atoms with Crippen LogP contribution in [0.5, 0.6) is 5.75 Å². The lowest BCUT2D eigenvalue weighted by molar-refractivity contribution is 0.410. The van der Waals surface area contributed by atoms with Gasteiger partial charge in [-0.15, -0.1) is 0 Å². The van der Waals surface area contributed by atoms with Gasteiger partial charge in [0.05, 0.1) is 19.3 Å². The fourth-order valence-electron chi connectivity index (χ4n) is 1.82. The van der Waals surface area contributed by atoms with E-state index in [1.54, 1.807) is 6.07 Å². The molecule has 0 aliphatic carbocycles. The van der Waals surface area contributed by atoms with Crippen LogP contribution in [-0.4, -0.2) is 12.1 Å². The summed E-state index contributed by atoms with van der Waals surface area (Å²) in [5.41, 5.74) is 3.18. The molecule has 19 heavy (non-hydrogen) atoms. The standard InChI is InChI=1S/C13H13F2N3O/c1-19-10-2-3-11(12(15)5-10)13(18-16)8-4-9(14)7-17-6-8/h2-7,13,18H,16H2,1H3. The largest absolute Gasteiger partial charge is 0.497 e. The van der Waals surface area contributed by atoms with Gasteiger partial charge in [0.2, 0.25) is 0 Å². The van der Waals surface area contributed by atoms with Gasteiger partial charge in [-0.1, -0.05) is 6.07 Å². The number of aromatic nitrogens is 1. The first kappa shape index (κ1) is 13.4. The van der Waals surface area contributed by atoms with E-state index < -0.39 is 17.7 Å². The molecular formula is C13H13F2N3O. The highest BCUT2D eigenvalue weighted by molar-refractivity contribution is 5.35. The van der Waals surface area contributed by atoms with Gasteiger partial charge in [0, 0.05) is 17.8 Å². The van der Waals surface area contributed by atoms with Gasteiger partial charge in [-0.25, -0.2) is 14.2 Å². The van der Waals surface area contributed by atoms with Crippen LogP contribution in [0, 0.1) is 11.6 Å². The molecule has 1 atom stereocenters. The van der Waals surface area contributed by atoms with E-state index in [4.69, 9.17) is 10.6 Å². The molecule has 1 unspecified atom stereocenters. The molecule has 0 saturated heterocycles. The van der Waals surface area contributed by atoms with Crippen molar-refractivity contribution in [2.45, 2.75) is 6.04 Å². The molecule has 0 spiro atoms. The maximum absolute atomic E-state index is 14.0. The Kier molecular flexibility index (Phi) is 4.03. The third kappa shape index (κ3) is 2.86. The molecule has 0 saturated carbocycles. The Balaban J connectivity index is 2.42. The Hall–Kier alpha value is -2.05. The Morgan fingerprint density at radius 1 is 1.26 bits per heavy atom. The SMILES string of the molecule is COc1ccc(C(NN)c2cncc(F)c2)c(F)c1. The van der Waals surface area contributed by atoms with Crippen molar-refractivity contribution in [3.63, 3.8) is 0 Å². The number of hydrogen-bond donors (Lipinski definition) is 2. The number of methoxy groups -OCH3 is 1. The van der Waals surface area contributed by atoms with E-state index in [1.165, 1.54) is 31.5 Å². The summed E-state index contributed by atoms with van der Waals surface area (Å²) >= 11 is 0. The zero-order chi connectivity index (χ0) is 13.8. The topological polar surface area (TPSA) is 60.2 Å². The highest BCUT2D eigenvalue weighted by Gasteiger charge is 2.18. The average molecular weight is 265 g/mol. The monoisotopic (exact) mass is 265 g/mol. The molecule has 0 radical (unpaired) electrons. The Morgan fingerprint density at radius 3 is 2.63 bits per heavy atom. The van der Waals surface area contributed by atoms with Crippen LogP contribution in [0.4, 0.5) is 8.78 Å². The minimum absolute atomic E-state index is 0.288. The number of nitrogens with zero attached hydrogens (tertiary/aromatic N) is 1. The summed E-state index contributed by atoms with van der Waals surface area (Å²) in [7, 11) is 1.45. The Morgan fingerprint density at radius 2 is 2.05 bits per heavy atom. The number of nitrogens with two attached hydrogens (primary N) is 1. The van der Waals surface area contributed by atoms with Gasteiger partial charge in [0.15, 0.2) is 0 Å². The first-order valence-electron chi connectivity index (χ1n) is 5.55. The van der Waals surface area contributed by atoms with Crippen molar-refractivity contribution >= 4 is 0 Å². The summed E-state index contributed by atoms with van der Waals surface area (Å²) in [5.74, 6) is 4.82. The van der Waals surface area contributed by atoms with Crippen molar-refractivity contribution < 1.29 is 13.5 Å². The third-order valence-electron chi connectivity index (χ3n) is 2.74. The summed E-state index contributed by atoms with van der Waals surface area (Å²) in [6, 6.07) is 4.95. The van der Waals surface area contributed by atoms with Crippen LogP contribution >= 0.6 is 0 Å². The number of hydrazine groups is 1. The van der Waals surface area contributed by atoms with Gasteiger partial charge in [-0.3, -0.25) is 10.8 Å². The number of ether oxygens (including phenoxy) is 1. The van der Waals surface area contributed by atoms with Crippen LogP contribution in [-0.2, 0) is 0 Å². The van der Waals surface area contributed by atoms with Crippen LogP contribution < -0.4 is 16.0 Å². The number of benzene rings is 1. The zero-order valence-electron chi connectivity index (χ0n) is 10.2. The van der Waals surface area contributed by atoms with E-state index in [0.717, 1.165) is 6.20 Å². The molecule has 0 bridgehead atoms. The molecular weight excluding hydrogens is 252 g/mol. The van der Waals surface area contributed by atoms with Gasteiger partial charge >= 0.3 is 0 Å². The van der Waals surface area contributed by atoms with Crippen molar-refractivity contribution in [3.8, 4) is 5.75 Å². The summed E-state index contributed by atoms with van der Waals surface area (Å²) in [5, 5.41) is 0. The van der Waals surface area contributed by atoms with Crippen molar-refractivity contribution in [1.82, 2.24) is 10.4 Å². The van der Waals surface area contributed by atoms with E-state index in [9.17, 15) is 8.78 Å². The molecule has 0 fully saturated rings. The van der Waals surface area contributed by atoms with Crippen molar-refractivity contribution in [3.05, 3.63) is 59.4 Å². The lowest BCUT2D eigenvalue weighted by atomic mass is 10.00. The van der Waals surface area contributed by atoms with E-state index >= 15 is 0 Å². The smallest absolute Gasteiger partial charge is 0.141 e. The van der Waals surface area contributed by atoms with Crippen LogP contribution in [0.3, 0.4) is 0 Å². The fourth-order valence-corrected chi connectivity index (χ4v) is 1.82. The molecule has 2 rings (SSSR count). The average Bonchev–Trinajstić information content (AvgIpc) is 2.41. The lowest BCUT2D eigenvalue weighted by Crippen LogP contribution is -2.29. The van der Waals surface area contributed by atoms with Crippen molar-refractivity contribution in [1.29, 1.82) is 0 Å². The molecule has 2 aromatic rings. The van der Waals surface area contributed by atoms with Gasteiger partial charge in [0.1, 0.15) is 17.4 Å².